The molecule has 2 aromatic carbocycles. The molecular formula is C22H26N2O4. The Hall–Kier alpha value is -3.15. The number of rotatable bonds is 8. The van der Waals surface area contributed by atoms with E-state index in [2.05, 4.69) is 10.6 Å². The number of nitrogens with one attached hydrogen (secondary N) is 2. The highest BCUT2D eigenvalue weighted by Crippen LogP contribution is 2.12. The quantitative estimate of drug-likeness (QED) is 0.652. The largest absolute Gasteiger partial charge is 0.480 e. The molecule has 3 N–H and O–H groups in total. The summed E-state index contributed by atoms with van der Waals surface area (Å²) in [7, 11) is 0. The number of hydrogen-bond donors (Lipinski definition) is 3. The van der Waals surface area contributed by atoms with Crippen LogP contribution in [0.3, 0.4) is 0 Å². The maximum absolute atomic E-state index is 12.7. The topological polar surface area (TPSA) is 95.5 Å². The van der Waals surface area contributed by atoms with Crippen molar-refractivity contribution in [2.24, 2.45) is 0 Å². The third kappa shape index (κ3) is 6.23. The summed E-state index contributed by atoms with van der Waals surface area (Å²) >= 11 is 0. The van der Waals surface area contributed by atoms with Crippen molar-refractivity contribution in [3.05, 3.63) is 70.8 Å². The van der Waals surface area contributed by atoms with Crippen molar-refractivity contribution in [1.29, 1.82) is 0 Å². The van der Waals surface area contributed by atoms with Crippen molar-refractivity contribution in [3.8, 4) is 0 Å². The third-order valence-corrected chi connectivity index (χ3v) is 4.60. The highest BCUT2D eigenvalue weighted by Gasteiger charge is 2.26. The lowest BCUT2D eigenvalue weighted by Gasteiger charge is -2.21. The Labute approximate surface area is 165 Å². The third-order valence-electron chi connectivity index (χ3n) is 4.60. The molecule has 0 radical (unpaired) electrons. The van der Waals surface area contributed by atoms with Gasteiger partial charge in [-0.2, -0.15) is 0 Å². The SMILES string of the molecule is CC(=O)N[C@H](Cc1ccccc1)C(=O)N[C@@H](Cc1ccc(C)c(C)c1)C(=O)O. The summed E-state index contributed by atoms with van der Waals surface area (Å²) < 4.78 is 0. The van der Waals surface area contributed by atoms with Crippen LogP contribution in [0.15, 0.2) is 48.5 Å². The number of carbonyl (C=O) groups is 3. The van der Waals surface area contributed by atoms with Crippen LogP contribution in [-0.4, -0.2) is 35.0 Å². The van der Waals surface area contributed by atoms with E-state index in [0.29, 0.717) is 0 Å². The van der Waals surface area contributed by atoms with Crippen LogP contribution < -0.4 is 10.6 Å². The first-order valence-electron chi connectivity index (χ1n) is 9.16. The van der Waals surface area contributed by atoms with Gasteiger partial charge in [-0.3, -0.25) is 9.59 Å². The summed E-state index contributed by atoms with van der Waals surface area (Å²) in [5.74, 6) is -1.99. The Kier molecular flexibility index (Phi) is 7.32. The number of benzene rings is 2. The summed E-state index contributed by atoms with van der Waals surface area (Å²) in [4.78, 5) is 35.9. The van der Waals surface area contributed by atoms with Gasteiger partial charge in [-0.15, -0.1) is 0 Å². The monoisotopic (exact) mass is 382 g/mol. The van der Waals surface area contributed by atoms with Crippen molar-refractivity contribution in [1.82, 2.24) is 10.6 Å². The summed E-state index contributed by atoms with van der Waals surface area (Å²) in [6.45, 7) is 5.27. The normalized spacial score (nSPS) is 12.7. The van der Waals surface area contributed by atoms with E-state index in [-0.39, 0.29) is 18.7 Å². The molecule has 6 heteroatoms. The van der Waals surface area contributed by atoms with Crippen LogP contribution in [0.5, 0.6) is 0 Å². The minimum atomic E-state index is -1.12. The van der Waals surface area contributed by atoms with Gasteiger partial charge in [0.1, 0.15) is 12.1 Å². The Balaban J connectivity index is 2.13. The molecule has 0 aliphatic rings. The lowest BCUT2D eigenvalue weighted by molar-refractivity contribution is -0.142. The number of hydrogen-bond acceptors (Lipinski definition) is 3. The van der Waals surface area contributed by atoms with Crippen LogP contribution >= 0.6 is 0 Å². The van der Waals surface area contributed by atoms with Gasteiger partial charge in [0, 0.05) is 19.8 Å². The molecule has 0 spiro atoms. The van der Waals surface area contributed by atoms with Crippen LogP contribution in [0.4, 0.5) is 0 Å². The number of aliphatic carboxylic acids is 1. The first-order chi connectivity index (χ1) is 13.3. The standard InChI is InChI=1S/C22H26N2O4/c1-14-9-10-18(11-15(14)2)13-20(22(27)28)24-21(26)19(23-16(3)25)12-17-7-5-4-6-8-17/h4-11,19-20H,12-13H2,1-3H3,(H,23,25)(H,24,26)(H,27,28)/t19-,20+/m1/s1. The van der Waals surface area contributed by atoms with E-state index in [9.17, 15) is 19.5 Å². The molecule has 2 atom stereocenters. The van der Waals surface area contributed by atoms with Gasteiger partial charge in [-0.1, -0.05) is 48.5 Å². The Bertz CT molecular complexity index is 849. The minimum absolute atomic E-state index is 0.167. The van der Waals surface area contributed by atoms with Gasteiger partial charge in [0.25, 0.3) is 0 Å². The van der Waals surface area contributed by atoms with E-state index >= 15 is 0 Å². The van der Waals surface area contributed by atoms with Gasteiger partial charge in [0.15, 0.2) is 0 Å². The number of carboxylic acids is 1. The molecule has 0 aliphatic carbocycles. The zero-order chi connectivity index (χ0) is 20.7. The zero-order valence-corrected chi connectivity index (χ0v) is 16.4. The number of carboxylic acid groups (broad SMARTS) is 1. The molecule has 0 bridgehead atoms. The van der Waals surface area contributed by atoms with E-state index in [4.69, 9.17) is 0 Å². The molecule has 148 valence electrons. The predicted molar refractivity (Wildman–Crippen MR) is 107 cm³/mol. The van der Waals surface area contributed by atoms with Crippen molar-refractivity contribution >= 4 is 17.8 Å². The van der Waals surface area contributed by atoms with Crippen LogP contribution in [-0.2, 0) is 27.2 Å². The van der Waals surface area contributed by atoms with Gasteiger partial charge >= 0.3 is 5.97 Å². The molecule has 0 fully saturated rings. The molecule has 28 heavy (non-hydrogen) atoms. The first kappa shape index (κ1) is 21.2. The second-order valence-corrected chi connectivity index (χ2v) is 6.96. The molecule has 0 aliphatic heterocycles. The number of carbonyl (C=O) groups excluding carboxylic acids is 2. The number of aryl methyl sites for hydroxylation is 2. The zero-order valence-electron chi connectivity index (χ0n) is 16.4. The Morgan fingerprint density at radius 2 is 1.50 bits per heavy atom. The maximum Gasteiger partial charge on any atom is 0.326 e. The van der Waals surface area contributed by atoms with Crippen molar-refractivity contribution in [2.75, 3.05) is 0 Å². The molecule has 0 aromatic heterocycles. The first-order valence-corrected chi connectivity index (χ1v) is 9.16. The maximum atomic E-state index is 12.7. The minimum Gasteiger partial charge on any atom is -0.480 e. The van der Waals surface area contributed by atoms with Gasteiger partial charge in [-0.25, -0.2) is 4.79 Å². The Morgan fingerprint density at radius 3 is 2.07 bits per heavy atom. The highest BCUT2D eigenvalue weighted by atomic mass is 16.4. The van der Waals surface area contributed by atoms with Gasteiger partial charge in [-0.05, 0) is 36.1 Å². The molecule has 0 unspecified atom stereocenters. The van der Waals surface area contributed by atoms with Crippen molar-refractivity contribution < 1.29 is 19.5 Å². The lowest BCUT2D eigenvalue weighted by atomic mass is 10.00. The van der Waals surface area contributed by atoms with Crippen molar-refractivity contribution in [2.45, 2.75) is 45.7 Å². The average molecular weight is 382 g/mol. The van der Waals surface area contributed by atoms with E-state index in [1.807, 2.05) is 62.4 Å². The van der Waals surface area contributed by atoms with Crippen LogP contribution in [0.25, 0.3) is 0 Å². The fourth-order valence-electron chi connectivity index (χ4n) is 2.94. The molecule has 0 saturated carbocycles. The number of amides is 2. The van der Waals surface area contributed by atoms with Crippen molar-refractivity contribution in [3.63, 3.8) is 0 Å². The molecular weight excluding hydrogens is 356 g/mol. The predicted octanol–water partition coefficient (Wildman–Crippen LogP) is 2.16. The van der Waals surface area contributed by atoms with Crippen LogP contribution in [0, 0.1) is 13.8 Å². The van der Waals surface area contributed by atoms with E-state index in [1.165, 1.54) is 6.92 Å². The lowest BCUT2D eigenvalue weighted by Crippen LogP contribution is -2.52. The van der Waals surface area contributed by atoms with Gasteiger partial charge < -0.3 is 15.7 Å². The average Bonchev–Trinajstić information content (AvgIpc) is 2.64. The molecule has 6 nitrogen and oxygen atoms in total. The van der Waals surface area contributed by atoms with E-state index < -0.39 is 24.0 Å². The summed E-state index contributed by atoms with van der Waals surface area (Å²) in [6, 6.07) is 13.0. The van der Waals surface area contributed by atoms with Crippen LogP contribution in [0.1, 0.15) is 29.2 Å². The molecule has 0 saturated heterocycles. The van der Waals surface area contributed by atoms with Gasteiger partial charge in [0.2, 0.25) is 11.8 Å². The highest BCUT2D eigenvalue weighted by molar-refractivity contribution is 5.90. The molecule has 2 aromatic rings. The smallest absolute Gasteiger partial charge is 0.326 e. The summed E-state index contributed by atoms with van der Waals surface area (Å²) in [6.07, 6.45) is 0.447. The van der Waals surface area contributed by atoms with Gasteiger partial charge in [0.05, 0.1) is 0 Å². The molecule has 2 rings (SSSR count). The molecule has 0 heterocycles. The fraction of sp³-hybridized carbons (Fsp3) is 0.318. The second-order valence-electron chi connectivity index (χ2n) is 6.96. The Morgan fingerprint density at radius 1 is 0.857 bits per heavy atom. The summed E-state index contributed by atoms with van der Waals surface area (Å²) in [5, 5.41) is 14.7. The second kappa shape index (κ2) is 9.69. The van der Waals surface area contributed by atoms with E-state index in [1.54, 1.807) is 0 Å². The molecule has 2 amide bonds. The summed E-state index contributed by atoms with van der Waals surface area (Å²) in [5.41, 5.74) is 3.88. The van der Waals surface area contributed by atoms with Crippen LogP contribution in [0.2, 0.25) is 0 Å². The fourth-order valence-corrected chi connectivity index (χ4v) is 2.94. The van der Waals surface area contributed by atoms with E-state index in [0.717, 1.165) is 22.3 Å².